The van der Waals surface area contributed by atoms with Gasteiger partial charge in [-0.1, -0.05) is 30.9 Å². The van der Waals surface area contributed by atoms with Crippen LogP contribution in [0.4, 0.5) is 0 Å². The number of nitrogens with zero attached hydrogens (tertiary/aromatic N) is 1. The van der Waals surface area contributed by atoms with Gasteiger partial charge < -0.3 is 4.90 Å². The Balaban J connectivity index is 2.31. The van der Waals surface area contributed by atoms with E-state index in [9.17, 15) is 8.42 Å². The van der Waals surface area contributed by atoms with Gasteiger partial charge in [0.2, 0.25) is 0 Å². The van der Waals surface area contributed by atoms with E-state index in [1.165, 1.54) is 0 Å². The lowest BCUT2D eigenvalue weighted by molar-refractivity contribution is 0.246. The first-order valence-corrected chi connectivity index (χ1v) is 8.18. The molecular formula is C9H15NO2S3. The molecule has 0 aliphatic carbocycles. The molecule has 0 aromatic rings. The molecule has 86 valence electrons. The normalized spacial score (nSPS) is 38.4. The Hall–Kier alpha value is 0.190. The van der Waals surface area contributed by atoms with Crippen LogP contribution < -0.4 is 0 Å². The minimum absolute atomic E-state index is 0.140. The molecule has 2 fully saturated rings. The summed E-state index contributed by atoms with van der Waals surface area (Å²) in [6, 6.07) is 0. The van der Waals surface area contributed by atoms with Gasteiger partial charge in [-0.05, 0) is 13.3 Å². The monoisotopic (exact) mass is 265 g/mol. The number of thiocarbonyl (C=S) groups is 1. The highest BCUT2D eigenvalue weighted by atomic mass is 32.2. The van der Waals surface area contributed by atoms with Gasteiger partial charge in [0.05, 0.1) is 17.0 Å². The van der Waals surface area contributed by atoms with Crippen molar-refractivity contribution in [1.82, 2.24) is 4.90 Å². The minimum Gasteiger partial charge on any atom is -0.350 e. The standard InChI is InChI=1S/C9H15NO2S3/c1-3-4-10-8(13)14-7-5-15(11,12)6-9(7,10)2/h7H,3-6H2,1-2H3/t7-,9-/m0/s1. The third-order valence-corrected chi connectivity index (χ3v) is 7.10. The number of hydrogen-bond donors (Lipinski definition) is 0. The fourth-order valence-corrected chi connectivity index (χ4v) is 7.35. The van der Waals surface area contributed by atoms with E-state index in [0.29, 0.717) is 0 Å². The van der Waals surface area contributed by atoms with Crippen LogP contribution in [-0.2, 0) is 9.84 Å². The fraction of sp³-hybridized carbons (Fsp3) is 0.889. The van der Waals surface area contributed by atoms with E-state index in [-0.39, 0.29) is 22.3 Å². The van der Waals surface area contributed by atoms with Crippen LogP contribution >= 0.6 is 24.0 Å². The van der Waals surface area contributed by atoms with E-state index in [2.05, 4.69) is 11.8 Å². The predicted molar refractivity (Wildman–Crippen MR) is 68.0 cm³/mol. The summed E-state index contributed by atoms with van der Waals surface area (Å²) in [5.74, 6) is 0.548. The lowest BCUT2D eigenvalue weighted by Crippen LogP contribution is -2.49. The molecule has 6 heteroatoms. The molecule has 2 heterocycles. The van der Waals surface area contributed by atoms with Crippen molar-refractivity contribution in [2.45, 2.75) is 31.1 Å². The van der Waals surface area contributed by atoms with E-state index < -0.39 is 9.84 Å². The van der Waals surface area contributed by atoms with Crippen molar-refractivity contribution < 1.29 is 8.42 Å². The number of rotatable bonds is 2. The maximum absolute atomic E-state index is 11.6. The molecule has 0 N–H and O–H groups in total. The summed E-state index contributed by atoms with van der Waals surface area (Å²) in [5.41, 5.74) is -0.253. The SMILES string of the molecule is CCCN1C(=S)S[C@H]2CS(=O)(=O)C[C@@]21C. The number of hydrogen-bond acceptors (Lipinski definition) is 4. The van der Waals surface area contributed by atoms with Crippen LogP contribution in [0, 0.1) is 0 Å². The van der Waals surface area contributed by atoms with Gasteiger partial charge in [-0.25, -0.2) is 8.42 Å². The highest BCUT2D eigenvalue weighted by Crippen LogP contribution is 2.45. The van der Waals surface area contributed by atoms with Gasteiger partial charge in [-0.3, -0.25) is 0 Å². The molecule has 2 aliphatic heterocycles. The lowest BCUT2D eigenvalue weighted by atomic mass is 9.99. The Kier molecular flexibility index (Phi) is 2.80. The molecule has 0 radical (unpaired) electrons. The third kappa shape index (κ3) is 1.80. The second-order valence-electron chi connectivity index (χ2n) is 4.44. The van der Waals surface area contributed by atoms with Crippen molar-refractivity contribution in [2.75, 3.05) is 18.1 Å². The highest BCUT2D eigenvalue weighted by Gasteiger charge is 2.56. The quantitative estimate of drug-likeness (QED) is 0.703. The van der Waals surface area contributed by atoms with Crippen LogP contribution in [0.1, 0.15) is 20.3 Å². The first-order chi connectivity index (χ1) is 6.89. The third-order valence-electron chi connectivity index (χ3n) is 3.14. The van der Waals surface area contributed by atoms with Crippen LogP contribution in [0.5, 0.6) is 0 Å². The van der Waals surface area contributed by atoms with E-state index in [1.807, 2.05) is 6.92 Å². The van der Waals surface area contributed by atoms with Gasteiger partial charge in [-0.2, -0.15) is 0 Å². The van der Waals surface area contributed by atoms with Gasteiger partial charge in [0.25, 0.3) is 0 Å². The zero-order valence-electron chi connectivity index (χ0n) is 8.89. The molecule has 0 unspecified atom stereocenters. The van der Waals surface area contributed by atoms with E-state index in [1.54, 1.807) is 11.8 Å². The molecule has 2 rings (SSSR count). The molecule has 2 aliphatic rings. The molecule has 0 bridgehead atoms. The second kappa shape index (κ2) is 3.60. The smallest absolute Gasteiger partial charge is 0.153 e. The van der Waals surface area contributed by atoms with Crippen LogP contribution in [0.15, 0.2) is 0 Å². The largest absolute Gasteiger partial charge is 0.350 e. The van der Waals surface area contributed by atoms with Crippen molar-refractivity contribution in [3.8, 4) is 0 Å². The molecule has 2 atom stereocenters. The summed E-state index contributed by atoms with van der Waals surface area (Å²) in [5, 5.41) is 0.140. The average molecular weight is 265 g/mol. The van der Waals surface area contributed by atoms with Crippen LogP contribution in [0.3, 0.4) is 0 Å². The summed E-state index contributed by atoms with van der Waals surface area (Å²) < 4.78 is 24.1. The molecule has 0 amide bonds. The Labute approximate surface area is 101 Å². The van der Waals surface area contributed by atoms with E-state index >= 15 is 0 Å². The van der Waals surface area contributed by atoms with E-state index in [4.69, 9.17) is 12.2 Å². The molecular weight excluding hydrogens is 250 g/mol. The molecule has 0 saturated carbocycles. The molecule has 0 aromatic heterocycles. The van der Waals surface area contributed by atoms with Gasteiger partial charge in [0.1, 0.15) is 4.32 Å². The number of thioether (sulfide) groups is 1. The highest BCUT2D eigenvalue weighted by molar-refractivity contribution is 8.24. The molecule has 3 nitrogen and oxygen atoms in total. The van der Waals surface area contributed by atoms with Crippen LogP contribution in [0.25, 0.3) is 0 Å². The van der Waals surface area contributed by atoms with Crippen molar-refractivity contribution in [3.05, 3.63) is 0 Å². The Morgan fingerprint density at radius 2 is 2.33 bits per heavy atom. The van der Waals surface area contributed by atoms with Crippen LogP contribution in [0.2, 0.25) is 0 Å². The molecule has 15 heavy (non-hydrogen) atoms. The van der Waals surface area contributed by atoms with Crippen molar-refractivity contribution in [3.63, 3.8) is 0 Å². The van der Waals surface area contributed by atoms with Crippen molar-refractivity contribution in [2.24, 2.45) is 0 Å². The van der Waals surface area contributed by atoms with Crippen molar-refractivity contribution in [1.29, 1.82) is 0 Å². The second-order valence-corrected chi connectivity index (χ2v) is 8.38. The Morgan fingerprint density at radius 3 is 2.93 bits per heavy atom. The van der Waals surface area contributed by atoms with Gasteiger partial charge >= 0.3 is 0 Å². The van der Waals surface area contributed by atoms with Crippen LogP contribution in [-0.4, -0.2) is 46.5 Å². The topological polar surface area (TPSA) is 37.4 Å². The fourth-order valence-electron chi connectivity index (χ4n) is 2.38. The maximum atomic E-state index is 11.6. The maximum Gasteiger partial charge on any atom is 0.153 e. The minimum atomic E-state index is -2.86. The summed E-state index contributed by atoms with van der Waals surface area (Å²) in [6.45, 7) is 4.99. The Morgan fingerprint density at radius 1 is 1.67 bits per heavy atom. The molecule has 0 spiro atoms. The average Bonchev–Trinajstić information content (AvgIpc) is 2.42. The summed E-state index contributed by atoms with van der Waals surface area (Å²) in [4.78, 5) is 2.11. The van der Waals surface area contributed by atoms with Gasteiger partial charge in [0.15, 0.2) is 9.84 Å². The van der Waals surface area contributed by atoms with Gasteiger partial charge in [0, 0.05) is 11.8 Å². The molecule has 2 saturated heterocycles. The first kappa shape index (κ1) is 11.7. The summed E-state index contributed by atoms with van der Waals surface area (Å²) in [6.07, 6.45) is 1.00. The van der Waals surface area contributed by atoms with Gasteiger partial charge in [-0.15, -0.1) is 0 Å². The van der Waals surface area contributed by atoms with Crippen molar-refractivity contribution >= 4 is 38.1 Å². The number of fused-ring (bicyclic) bond motifs is 1. The number of sulfone groups is 1. The first-order valence-electron chi connectivity index (χ1n) is 5.08. The summed E-state index contributed by atoms with van der Waals surface area (Å²) in [7, 11) is -2.86. The summed E-state index contributed by atoms with van der Waals surface area (Å²) >= 11 is 6.86. The lowest BCUT2D eigenvalue weighted by Gasteiger charge is -2.34. The Bertz CT molecular complexity index is 392. The predicted octanol–water partition coefficient (Wildman–Crippen LogP) is 1.29. The van der Waals surface area contributed by atoms with E-state index in [0.717, 1.165) is 17.3 Å². The molecule has 0 aromatic carbocycles. The zero-order chi connectivity index (χ0) is 11.3. The zero-order valence-corrected chi connectivity index (χ0v) is 11.3.